The van der Waals surface area contributed by atoms with Gasteiger partial charge in [-0.3, -0.25) is 4.79 Å². The molecule has 1 aromatic rings. The van der Waals surface area contributed by atoms with Crippen LogP contribution in [0.2, 0.25) is 0 Å². The third-order valence-corrected chi connectivity index (χ3v) is 3.25. The SMILES string of the molecule is CCCCc1ccc(C(=O)N[C@@H](C(=O)O)C(C)C)cc1. The van der Waals surface area contributed by atoms with Crippen LogP contribution < -0.4 is 5.32 Å². The standard InChI is InChI=1S/C16H23NO3/c1-4-5-6-12-7-9-13(10-8-12)15(18)17-14(11(2)3)16(19)20/h7-11,14H,4-6H2,1-3H3,(H,17,18)(H,19,20)/t14-/m1/s1. The molecule has 110 valence electrons. The summed E-state index contributed by atoms with van der Waals surface area (Å²) in [5, 5.41) is 11.6. The van der Waals surface area contributed by atoms with E-state index in [9.17, 15) is 9.59 Å². The largest absolute Gasteiger partial charge is 0.480 e. The number of carboxylic acid groups (broad SMARTS) is 1. The summed E-state index contributed by atoms with van der Waals surface area (Å²) in [4.78, 5) is 23.1. The normalized spacial score (nSPS) is 12.2. The van der Waals surface area contributed by atoms with E-state index in [1.54, 1.807) is 26.0 Å². The predicted octanol–water partition coefficient (Wildman–Crippen LogP) is 2.87. The van der Waals surface area contributed by atoms with Crippen LogP contribution in [-0.2, 0) is 11.2 Å². The number of hydrogen-bond donors (Lipinski definition) is 2. The molecule has 0 fully saturated rings. The zero-order valence-corrected chi connectivity index (χ0v) is 12.3. The Bertz CT molecular complexity index is 451. The average molecular weight is 277 g/mol. The second-order valence-corrected chi connectivity index (χ2v) is 5.33. The molecule has 20 heavy (non-hydrogen) atoms. The fourth-order valence-corrected chi connectivity index (χ4v) is 1.94. The molecule has 1 amide bonds. The van der Waals surface area contributed by atoms with Gasteiger partial charge in [0.25, 0.3) is 5.91 Å². The van der Waals surface area contributed by atoms with E-state index < -0.39 is 12.0 Å². The highest BCUT2D eigenvalue weighted by molar-refractivity contribution is 5.96. The molecule has 0 aliphatic rings. The highest BCUT2D eigenvalue weighted by atomic mass is 16.4. The van der Waals surface area contributed by atoms with Crippen molar-refractivity contribution >= 4 is 11.9 Å². The topological polar surface area (TPSA) is 66.4 Å². The number of aliphatic carboxylic acids is 1. The number of hydrogen-bond acceptors (Lipinski definition) is 2. The van der Waals surface area contributed by atoms with Crippen molar-refractivity contribution in [2.75, 3.05) is 0 Å². The van der Waals surface area contributed by atoms with Gasteiger partial charge in [-0.25, -0.2) is 4.79 Å². The maximum Gasteiger partial charge on any atom is 0.326 e. The number of carbonyl (C=O) groups is 2. The third kappa shape index (κ3) is 4.68. The Hall–Kier alpha value is -1.84. The number of benzene rings is 1. The van der Waals surface area contributed by atoms with Crippen molar-refractivity contribution in [1.82, 2.24) is 5.32 Å². The van der Waals surface area contributed by atoms with E-state index in [2.05, 4.69) is 12.2 Å². The van der Waals surface area contributed by atoms with Crippen LogP contribution in [0.15, 0.2) is 24.3 Å². The van der Waals surface area contributed by atoms with Gasteiger partial charge in [0.05, 0.1) is 0 Å². The Morgan fingerprint density at radius 3 is 2.25 bits per heavy atom. The highest BCUT2D eigenvalue weighted by Crippen LogP contribution is 2.09. The molecule has 0 saturated heterocycles. The van der Waals surface area contributed by atoms with E-state index in [0.29, 0.717) is 5.56 Å². The lowest BCUT2D eigenvalue weighted by molar-refractivity contribution is -0.140. The summed E-state index contributed by atoms with van der Waals surface area (Å²) in [6.07, 6.45) is 3.26. The van der Waals surface area contributed by atoms with Crippen molar-refractivity contribution in [3.63, 3.8) is 0 Å². The summed E-state index contributed by atoms with van der Waals surface area (Å²) in [7, 11) is 0. The van der Waals surface area contributed by atoms with Crippen molar-refractivity contribution in [1.29, 1.82) is 0 Å². The van der Waals surface area contributed by atoms with Crippen LogP contribution in [0.5, 0.6) is 0 Å². The van der Waals surface area contributed by atoms with Crippen LogP contribution in [0.1, 0.15) is 49.5 Å². The molecule has 0 heterocycles. The first-order valence-electron chi connectivity index (χ1n) is 7.08. The third-order valence-electron chi connectivity index (χ3n) is 3.25. The van der Waals surface area contributed by atoms with Crippen LogP contribution in [0, 0.1) is 5.92 Å². The molecule has 4 heteroatoms. The molecule has 0 aromatic heterocycles. The summed E-state index contributed by atoms with van der Waals surface area (Å²) >= 11 is 0. The summed E-state index contributed by atoms with van der Waals surface area (Å²) in [6.45, 7) is 5.68. The number of unbranched alkanes of at least 4 members (excludes halogenated alkanes) is 1. The molecule has 0 spiro atoms. The molecule has 0 saturated carbocycles. The Balaban J connectivity index is 2.69. The monoisotopic (exact) mass is 277 g/mol. The molecule has 0 aliphatic heterocycles. The first-order chi connectivity index (χ1) is 9.45. The van der Waals surface area contributed by atoms with Crippen LogP contribution in [0.25, 0.3) is 0 Å². The smallest absolute Gasteiger partial charge is 0.326 e. The van der Waals surface area contributed by atoms with Crippen molar-refractivity contribution in [2.24, 2.45) is 5.92 Å². The predicted molar refractivity (Wildman–Crippen MR) is 78.8 cm³/mol. The van der Waals surface area contributed by atoms with Gasteiger partial charge in [0.15, 0.2) is 0 Å². The quantitative estimate of drug-likeness (QED) is 0.805. The number of rotatable bonds is 7. The summed E-state index contributed by atoms with van der Waals surface area (Å²) in [5.41, 5.74) is 1.69. The number of carboxylic acids is 1. The molecular weight excluding hydrogens is 254 g/mol. The molecule has 0 aliphatic carbocycles. The van der Waals surface area contributed by atoms with Gasteiger partial charge in [-0.1, -0.05) is 39.3 Å². The van der Waals surface area contributed by atoms with Crippen molar-refractivity contribution in [2.45, 2.75) is 46.1 Å². The summed E-state index contributed by atoms with van der Waals surface area (Å²) in [6, 6.07) is 6.49. The van der Waals surface area contributed by atoms with Crippen LogP contribution in [0.4, 0.5) is 0 Å². The average Bonchev–Trinajstić information content (AvgIpc) is 2.42. The maximum atomic E-state index is 12.0. The molecule has 0 unspecified atom stereocenters. The van der Waals surface area contributed by atoms with Gasteiger partial charge in [-0.15, -0.1) is 0 Å². The van der Waals surface area contributed by atoms with E-state index in [4.69, 9.17) is 5.11 Å². The van der Waals surface area contributed by atoms with Gasteiger partial charge in [-0.2, -0.15) is 0 Å². The number of aryl methyl sites for hydroxylation is 1. The fourth-order valence-electron chi connectivity index (χ4n) is 1.94. The Kier molecular flexibility index (Phi) is 6.22. The van der Waals surface area contributed by atoms with E-state index in [-0.39, 0.29) is 11.8 Å². The Labute approximate surface area is 120 Å². The van der Waals surface area contributed by atoms with Gasteiger partial charge >= 0.3 is 5.97 Å². The first kappa shape index (κ1) is 16.2. The van der Waals surface area contributed by atoms with Crippen molar-refractivity contribution in [3.8, 4) is 0 Å². The van der Waals surface area contributed by atoms with Crippen LogP contribution >= 0.6 is 0 Å². The molecule has 1 rings (SSSR count). The van der Waals surface area contributed by atoms with Crippen molar-refractivity contribution < 1.29 is 14.7 Å². The minimum absolute atomic E-state index is 0.153. The zero-order chi connectivity index (χ0) is 15.1. The van der Waals surface area contributed by atoms with E-state index in [0.717, 1.165) is 19.3 Å². The number of amides is 1. The van der Waals surface area contributed by atoms with Gasteiger partial charge < -0.3 is 10.4 Å². The van der Waals surface area contributed by atoms with Crippen molar-refractivity contribution in [3.05, 3.63) is 35.4 Å². The molecule has 0 radical (unpaired) electrons. The van der Waals surface area contributed by atoms with Gasteiger partial charge in [-0.05, 0) is 36.5 Å². The molecule has 0 bridgehead atoms. The molecule has 4 nitrogen and oxygen atoms in total. The Morgan fingerprint density at radius 2 is 1.80 bits per heavy atom. The van der Waals surface area contributed by atoms with E-state index >= 15 is 0 Å². The lowest BCUT2D eigenvalue weighted by atomic mass is 10.0. The van der Waals surface area contributed by atoms with Crippen LogP contribution in [0.3, 0.4) is 0 Å². The van der Waals surface area contributed by atoms with Crippen LogP contribution in [-0.4, -0.2) is 23.0 Å². The zero-order valence-electron chi connectivity index (χ0n) is 12.3. The lowest BCUT2D eigenvalue weighted by Crippen LogP contribution is -2.44. The van der Waals surface area contributed by atoms with Gasteiger partial charge in [0.2, 0.25) is 0 Å². The molecular formula is C16H23NO3. The van der Waals surface area contributed by atoms with E-state index in [1.165, 1.54) is 5.56 Å². The molecule has 1 aromatic carbocycles. The minimum atomic E-state index is -1.01. The maximum absolute atomic E-state index is 12.0. The summed E-state index contributed by atoms with van der Waals surface area (Å²) < 4.78 is 0. The fraction of sp³-hybridized carbons (Fsp3) is 0.500. The molecule has 2 N–H and O–H groups in total. The molecule has 1 atom stereocenters. The second kappa shape index (κ2) is 7.68. The van der Waals surface area contributed by atoms with Gasteiger partial charge in [0.1, 0.15) is 6.04 Å². The second-order valence-electron chi connectivity index (χ2n) is 5.33. The number of carbonyl (C=O) groups excluding carboxylic acids is 1. The first-order valence-corrected chi connectivity index (χ1v) is 7.08. The summed E-state index contributed by atoms with van der Waals surface area (Å²) in [5.74, 6) is -1.50. The highest BCUT2D eigenvalue weighted by Gasteiger charge is 2.23. The number of nitrogens with one attached hydrogen (secondary N) is 1. The minimum Gasteiger partial charge on any atom is -0.480 e. The van der Waals surface area contributed by atoms with E-state index in [1.807, 2.05) is 12.1 Å². The Morgan fingerprint density at radius 1 is 1.20 bits per heavy atom. The van der Waals surface area contributed by atoms with Gasteiger partial charge in [0, 0.05) is 5.56 Å². The lowest BCUT2D eigenvalue weighted by Gasteiger charge is -2.17.